The molecule has 4 rings (SSSR count). The summed E-state index contributed by atoms with van der Waals surface area (Å²) in [6.45, 7) is 29.1. The molecule has 282 valence electrons. The predicted molar refractivity (Wildman–Crippen MR) is 215 cm³/mol. The van der Waals surface area contributed by atoms with Crippen LogP contribution in [0.1, 0.15) is 128 Å². The first-order valence-corrected chi connectivity index (χ1v) is 18.7. The van der Waals surface area contributed by atoms with Crippen LogP contribution in [0.15, 0.2) is 72.8 Å². The standard InChI is InChI=1S/C46H64N2O4/c1-43(2,3)35-13-17-39(49)31(23-35)27-47(28-32-24-36(44(4,5)6)14-18-40(32)50)21-22-48(29-33-25-37(45(7,8)9)15-19-41(33)51)30-34-26-38(46(10,11)12)16-20-42(34)52/h13-20,23-26,49-52H,21-22,27-30H2,1-12H3. The van der Waals surface area contributed by atoms with Crippen molar-refractivity contribution in [2.45, 2.75) is 131 Å². The lowest BCUT2D eigenvalue weighted by Crippen LogP contribution is -2.34. The van der Waals surface area contributed by atoms with Crippen LogP contribution in [-0.4, -0.2) is 43.3 Å². The maximum atomic E-state index is 11.1. The van der Waals surface area contributed by atoms with Crippen LogP contribution in [0.3, 0.4) is 0 Å². The first kappa shape index (κ1) is 40.8. The Morgan fingerprint density at radius 2 is 0.538 bits per heavy atom. The summed E-state index contributed by atoms with van der Waals surface area (Å²) in [4.78, 5) is 4.54. The fraction of sp³-hybridized carbons (Fsp3) is 0.478. The molecule has 6 heteroatoms. The van der Waals surface area contributed by atoms with Gasteiger partial charge >= 0.3 is 0 Å². The van der Waals surface area contributed by atoms with Crippen molar-refractivity contribution in [1.29, 1.82) is 0 Å². The molecular formula is C46H64N2O4. The van der Waals surface area contributed by atoms with Crippen molar-refractivity contribution in [2.24, 2.45) is 0 Å². The molecule has 0 aliphatic carbocycles. The quantitative estimate of drug-likeness (QED) is 0.124. The Bertz CT molecular complexity index is 1570. The second kappa shape index (κ2) is 15.5. The molecule has 0 heterocycles. The van der Waals surface area contributed by atoms with Gasteiger partial charge in [-0.2, -0.15) is 0 Å². The normalized spacial score (nSPS) is 13.0. The maximum Gasteiger partial charge on any atom is 0.120 e. The molecule has 0 aliphatic heterocycles. The van der Waals surface area contributed by atoms with Crippen LogP contribution in [0.4, 0.5) is 0 Å². The smallest absolute Gasteiger partial charge is 0.120 e. The lowest BCUT2D eigenvalue weighted by atomic mass is 9.85. The van der Waals surface area contributed by atoms with E-state index in [2.05, 4.69) is 117 Å². The molecule has 0 saturated carbocycles. The van der Waals surface area contributed by atoms with Crippen molar-refractivity contribution in [2.75, 3.05) is 13.1 Å². The van der Waals surface area contributed by atoms with Crippen LogP contribution in [-0.2, 0) is 47.8 Å². The molecule has 0 saturated heterocycles. The van der Waals surface area contributed by atoms with Crippen molar-refractivity contribution < 1.29 is 20.4 Å². The van der Waals surface area contributed by atoms with E-state index in [0.29, 0.717) is 39.3 Å². The summed E-state index contributed by atoms with van der Waals surface area (Å²) in [5.41, 5.74) is 7.54. The van der Waals surface area contributed by atoms with E-state index in [9.17, 15) is 20.4 Å². The highest BCUT2D eigenvalue weighted by Gasteiger charge is 2.23. The van der Waals surface area contributed by atoms with Crippen LogP contribution < -0.4 is 0 Å². The minimum Gasteiger partial charge on any atom is -0.508 e. The van der Waals surface area contributed by atoms with Crippen LogP contribution in [0, 0.1) is 0 Å². The van der Waals surface area contributed by atoms with Gasteiger partial charge in [0, 0.05) is 61.5 Å². The van der Waals surface area contributed by atoms with Crippen molar-refractivity contribution in [1.82, 2.24) is 9.80 Å². The highest BCUT2D eigenvalue weighted by Crippen LogP contribution is 2.33. The second-order valence-corrected chi connectivity index (χ2v) is 18.8. The largest absolute Gasteiger partial charge is 0.508 e. The molecule has 0 spiro atoms. The minimum atomic E-state index is -0.0867. The van der Waals surface area contributed by atoms with Gasteiger partial charge in [0.1, 0.15) is 23.0 Å². The molecule has 6 nitrogen and oxygen atoms in total. The van der Waals surface area contributed by atoms with Gasteiger partial charge in [-0.1, -0.05) is 132 Å². The third-order valence-corrected chi connectivity index (χ3v) is 10.1. The Kier molecular flexibility index (Phi) is 12.2. The van der Waals surface area contributed by atoms with Crippen molar-refractivity contribution in [3.8, 4) is 23.0 Å². The Morgan fingerprint density at radius 3 is 0.712 bits per heavy atom. The average Bonchev–Trinajstić information content (AvgIpc) is 3.01. The number of hydrogen-bond acceptors (Lipinski definition) is 6. The highest BCUT2D eigenvalue weighted by atomic mass is 16.3. The van der Waals surface area contributed by atoms with E-state index in [1.54, 1.807) is 24.3 Å². The zero-order valence-electron chi connectivity index (χ0n) is 33.9. The molecule has 0 unspecified atom stereocenters. The third-order valence-electron chi connectivity index (χ3n) is 10.1. The number of aromatic hydroxyl groups is 4. The summed E-state index contributed by atoms with van der Waals surface area (Å²) in [7, 11) is 0. The summed E-state index contributed by atoms with van der Waals surface area (Å²) in [5, 5.41) is 44.4. The van der Waals surface area contributed by atoms with E-state index in [1.165, 1.54) is 0 Å². The summed E-state index contributed by atoms with van der Waals surface area (Å²) in [5.74, 6) is 0.983. The van der Waals surface area contributed by atoms with E-state index in [4.69, 9.17) is 0 Å². The molecule has 0 fully saturated rings. The number of hydrogen-bond donors (Lipinski definition) is 4. The first-order chi connectivity index (χ1) is 23.9. The molecule has 0 bridgehead atoms. The van der Waals surface area contributed by atoms with Gasteiger partial charge in [-0.15, -0.1) is 0 Å². The van der Waals surface area contributed by atoms with Crippen LogP contribution in [0.25, 0.3) is 0 Å². The lowest BCUT2D eigenvalue weighted by Gasteiger charge is -2.30. The second-order valence-electron chi connectivity index (χ2n) is 18.8. The van der Waals surface area contributed by atoms with Gasteiger partial charge in [-0.25, -0.2) is 0 Å². The van der Waals surface area contributed by atoms with Crippen LogP contribution in [0.2, 0.25) is 0 Å². The van der Waals surface area contributed by atoms with Gasteiger partial charge < -0.3 is 20.4 Å². The van der Waals surface area contributed by atoms with Crippen molar-refractivity contribution in [3.63, 3.8) is 0 Å². The summed E-state index contributed by atoms with van der Waals surface area (Å²) < 4.78 is 0. The molecule has 4 aromatic rings. The average molecular weight is 709 g/mol. The van der Waals surface area contributed by atoms with Gasteiger partial charge in [-0.05, 0) is 68.2 Å². The molecule has 0 radical (unpaired) electrons. The number of benzene rings is 4. The minimum absolute atomic E-state index is 0.0867. The van der Waals surface area contributed by atoms with Gasteiger partial charge in [-0.3, -0.25) is 9.80 Å². The Hall–Kier alpha value is -4.00. The molecule has 4 aromatic carbocycles. The third kappa shape index (κ3) is 10.8. The van der Waals surface area contributed by atoms with Crippen LogP contribution >= 0.6 is 0 Å². The van der Waals surface area contributed by atoms with Crippen LogP contribution in [0.5, 0.6) is 23.0 Å². The Labute approximate surface area is 313 Å². The molecular weight excluding hydrogens is 645 g/mol. The van der Waals surface area contributed by atoms with Gasteiger partial charge in [0.15, 0.2) is 0 Å². The topological polar surface area (TPSA) is 87.4 Å². The fourth-order valence-electron chi connectivity index (χ4n) is 6.39. The molecule has 0 amide bonds. The zero-order valence-corrected chi connectivity index (χ0v) is 33.9. The number of phenols is 4. The van der Waals surface area contributed by atoms with E-state index in [0.717, 1.165) is 44.5 Å². The Morgan fingerprint density at radius 1 is 0.346 bits per heavy atom. The van der Waals surface area contributed by atoms with Gasteiger partial charge in [0.2, 0.25) is 0 Å². The maximum absolute atomic E-state index is 11.1. The molecule has 0 aliphatic rings. The fourth-order valence-corrected chi connectivity index (χ4v) is 6.39. The van der Waals surface area contributed by atoms with E-state index >= 15 is 0 Å². The van der Waals surface area contributed by atoms with E-state index in [-0.39, 0.29) is 44.7 Å². The predicted octanol–water partition coefficient (Wildman–Crippen LogP) is 10.4. The Balaban J connectivity index is 1.76. The highest BCUT2D eigenvalue weighted by molar-refractivity contribution is 5.42. The molecule has 0 aromatic heterocycles. The van der Waals surface area contributed by atoms with Gasteiger partial charge in [0.25, 0.3) is 0 Å². The van der Waals surface area contributed by atoms with Crippen molar-refractivity contribution >= 4 is 0 Å². The van der Waals surface area contributed by atoms with Gasteiger partial charge in [0.05, 0.1) is 0 Å². The number of phenolic OH excluding ortho intramolecular Hbond substituents is 4. The zero-order chi connectivity index (χ0) is 38.8. The first-order valence-electron chi connectivity index (χ1n) is 18.7. The van der Waals surface area contributed by atoms with E-state index in [1.807, 2.05) is 24.3 Å². The molecule has 4 N–H and O–H groups in total. The molecule has 52 heavy (non-hydrogen) atoms. The summed E-state index contributed by atoms with van der Waals surface area (Å²) in [6.07, 6.45) is 0. The summed E-state index contributed by atoms with van der Waals surface area (Å²) in [6, 6.07) is 23.5. The van der Waals surface area contributed by atoms with Crippen molar-refractivity contribution in [3.05, 3.63) is 117 Å². The summed E-state index contributed by atoms with van der Waals surface area (Å²) >= 11 is 0. The lowest BCUT2D eigenvalue weighted by molar-refractivity contribution is 0.178. The SMILES string of the molecule is CC(C)(C)c1ccc(O)c(CN(CCN(Cc2cc(C(C)(C)C)ccc2O)Cc2cc(C(C)(C)C)ccc2O)Cc2cc(C(C)(C)C)ccc2O)c1. The number of rotatable bonds is 11. The molecule has 0 atom stereocenters. The number of nitrogens with zero attached hydrogens (tertiary/aromatic N) is 2. The van der Waals surface area contributed by atoms with E-state index < -0.39 is 0 Å². The monoisotopic (exact) mass is 708 g/mol.